The van der Waals surface area contributed by atoms with Crippen molar-refractivity contribution >= 4 is 21.6 Å². The lowest BCUT2D eigenvalue weighted by molar-refractivity contribution is -0.385. The van der Waals surface area contributed by atoms with Gasteiger partial charge in [-0.15, -0.1) is 0 Å². The number of benzene rings is 2. The van der Waals surface area contributed by atoms with E-state index in [0.717, 1.165) is 0 Å². The highest BCUT2D eigenvalue weighted by Crippen LogP contribution is 2.34. The van der Waals surface area contributed by atoms with Crippen molar-refractivity contribution in [3.8, 4) is 22.9 Å². The number of hydrogen-bond acceptors (Lipinski definition) is 6. The van der Waals surface area contributed by atoms with Crippen molar-refractivity contribution in [1.29, 1.82) is 0 Å². The van der Waals surface area contributed by atoms with Crippen LogP contribution in [0.25, 0.3) is 11.4 Å². The fourth-order valence-electron chi connectivity index (χ4n) is 1.96. The second kappa shape index (κ2) is 6.17. The zero-order valence-corrected chi connectivity index (χ0v) is 13.5. The highest BCUT2D eigenvalue weighted by molar-refractivity contribution is 9.10. The normalized spacial score (nSPS) is 10.5. The molecule has 0 unspecified atom stereocenters. The molecule has 1 aromatic heterocycles. The monoisotopic (exact) mass is 375 g/mol. The van der Waals surface area contributed by atoms with E-state index in [1.807, 2.05) is 0 Å². The summed E-state index contributed by atoms with van der Waals surface area (Å²) < 4.78 is 11.2. The van der Waals surface area contributed by atoms with Crippen LogP contribution in [0.2, 0.25) is 0 Å². The lowest BCUT2D eigenvalue weighted by Crippen LogP contribution is -1.93. The second-order valence-corrected chi connectivity index (χ2v) is 5.55. The van der Waals surface area contributed by atoms with Gasteiger partial charge in [-0.05, 0) is 24.3 Å². The van der Waals surface area contributed by atoms with Crippen molar-refractivity contribution < 1.29 is 14.2 Å². The molecule has 0 aliphatic carbocycles. The average molecular weight is 376 g/mol. The molecule has 23 heavy (non-hydrogen) atoms. The largest absolute Gasteiger partial charge is 0.450 e. The summed E-state index contributed by atoms with van der Waals surface area (Å²) >= 11 is 3.21. The number of rotatable bonds is 4. The Morgan fingerprint density at radius 1 is 1.26 bits per heavy atom. The van der Waals surface area contributed by atoms with E-state index in [4.69, 9.17) is 9.26 Å². The standard InChI is InChI=1S/C15H10BrN3O4/c1-9-17-15(18-23-9)10-3-2-4-12(7-10)22-14-6-5-11(16)8-13(14)19(20)21/h2-8H,1H3. The summed E-state index contributed by atoms with van der Waals surface area (Å²) in [7, 11) is 0. The van der Waals surface area contributed by atoms with Gasteiger partial charge in [0.15, 0.2) is 0 Å². The Morgan fingerprint density at radius 2 is 2.09 bits per heavy atom. The molecule has 0 spiro atoms. The quantitative estimate of drug-likeness (QED) is 0.492. The molecule has 1 heterocycles. The fraction of sp³-hybridized carbons (Fsp3) is 0.0667. The third kappa shape index (κ3) is 3.37. The average Bonchev–Trinajstić information content (AvgIpc) is 2.96. The molecule has 2 aromatic carbocycles. The van der Waals surface area contributed by atoms with Crippen LogP contribution in [0.1, 0.15) is 5.89 Å². The van der Waals surface area contributed by atoms with Crippen molar-refractivity contribution in [1.82, 2.24) is 10.1 Å². The topological polar surface area (TPSA) is 91.3 Å². The predicted molar refractivity (Wildman–Crippen MR) is 85.3 cm³/mol. The molecular weight excluding hydrogens is 366 g/mol. The van der Waals surface area contributed by atoms with E-state index in [0.29, 0.717) is 27.5 Å². The summed E-state index contributed by atoms with van der Waals surface area (Å²) in [5.41, 5.74) is 0.569. The summed E-state index contributed by atoms with van der Waals surface area (Å²) in [6.07, 6.45) is 0. The van der Waals surface area contributed by atoms with E-state index in [2.05, 4.69) is 26.1 Å². The van der Waals surface area contributed by atoms with Crippen LogP contribution < -0.4 is 4.74 Å². The SMILES string of the molecule is Cc1nc(-c2cccc(Oc3ccc(Br)cc3[N+](=O)[O-])c2)no1. The van der Waals surface area contributed by atoms with E-state index in [9.17, 15) is 10.1 Å². The Bertz CT molecular complexity index is 879. The minimum atomic E-state index is -0.494. The number of nitrogens with zero attached hydrogens (tertiary/aromatic N) is 3. The van der Waals surface area contributed by atoms with Gasteiger partial charge in [-0.3, -0.25) is 10.1 Å². The number of aryl methyl sites for hydroxylation is 1. The summed E-state index contributed by atoms with van der Waals surface area (Å²) in [5.74, 6) is 1.48. The van der Waals surface area contributed by atoms with Gasteiger partial charge in [0.1, 0.15) is 5.75 Å². The first-order valence-corrected chi connectivity index (χ1v) is 7.35. The van der Waals surface area contributed by atoms with Gasteiger partial charge in [-0.25, -0.2) is 0 Å². The van der Waals surface area contributed by atoms with Crippen molar-refractivity contribution in [3.05, 3.63) is 62.9 Å². The molecule has 0 fully saturated rings. The first-order valence-electron chi connectivity index (χ1n) is 6.55. The minimum Gasteiger partial charge on any atom is -0.450 e. The highest BCUT2D eigenvalue weighted by Gasteiger charge is 2.17. The van der Waals surface area contributed by atoms with Gasteiger partial charge in [0.05, 0.1) is 4.92 Å². The molecule has 8 heteroatoms. The van der Waals surface area contributed by atoms with Crippen LogP contribution >= 0.6 is 15.9 Å². The van der Waals surface area contributed by atoms with Crippen LogP contribution in [-0.2, 0) is 0 Å². The number of aromatic nitrogens is 2. The zero-order valence-electron chi connectivity index (χ0n) is 11.9. The molecule has 3 aromatic rings. The maximum atomic E-state index is 11.1. The Hall–Kier alpha value is -2.74. The van der Waals surface area contributed by atoms with Crippen LogP contribution in [0, 0.1) is 17.0 Å². The first kappa shape index (κ1) is 15.2. The molecule has 0 amide bonds. The zero-order chi connectivity index (χ0) is 16.4. The maximum Gasteiger partial charge on any atom is 0.312 e. The van der Waals surface area contributed by atoms with Gasteiger partial charge >= 0.3 is 5.69 Å². The number of ether oxygens (including phenoxy) is 1. The molecule has 0 saturated heterocycles. The molecule has 116 valence electrons. The van der Waals surface area contributed by atoms with Gasteiger partial charge in [0, 0.05) is 23.0 Å². The molecule has 0 saturated carbocycles. The molecule has 0 N–H and O–H groups in total. The van der Waals surface area contributed by atoms with Gasteiger partial charge in [-0.2, -0.15) is 4.98 Å². The third-order valence-electron chi connectivity index (χ3n) is 2.97. The molecule has 0 bridgehead atoms. The van der Waals surface area contributed by atoms with Crippen LogP contribution in [0.3, 0.4) is 0 Å². The Labute approximate surface area is 139 Å². The summed E-state index contributed by atoms with van der Waals surface area (Å²) in [6.45, 7) is 1.70. The maximum absolute atomic E-state index is 11.1. The van der Waals surface area contributed by atoms with E-state index in [-0.39, 0.29) is 11.4 Å². The number of nitro benzene ring substituents is 1. The van der Waals surface area contributed by atoms with Crippen LogP contribution in [0.15, 0.2) is 51.5 Å². The summed E-state index contributed by atoms with van der Waals surface area (Å²) in [6, 6.07) is 11.5. The number of hydrogen-bond donors (Lipinski definition) is 0. The number of nitro groups is 1. The van der Waals surface area contributed by atoms with Gasteiger partial charge in [-0.1, -0.05) is 33.2 Å². The lowest BCUT2D eigenvalue weighted by Gasteiger charge is -2.07. The molecule has 0 atom stereocenters. The minimum absolute atomic E-state index is 0.125. The van der Waals surface area contributed by atoms with Gasteiger partial charge < -0.3 is 9.26 Å². The predicted octanol–water partition coefficient (Wildman–Crippen LogP) is 4.51. The molecular formula is C15H10BrN3O4. The lowest BCUT2D eigenvalue weighted by atomic mass is 10.2. The summed E-state index contributed by atoms with van der Waals surface area (Å²) in [5, 5.41) is 15.0. The number of halogens is 1. The van der Waals surface area contributed by atoms with Gasteiger partial charge in [0.25, 0.3) is 0 Å². The third-order valence-corrected chi connectivity index (χ3v) is 3.46. The first-order chi connectivity index (χ1) is 11.0. The fourth-order valence-corrected chi connectivity index (χ4v) is 2.31. The van der Waals surface area contributed by atoms with E-state index in [1.165, 1.54) is 12.1 Å². The van der Waals surface area contributed by atoms with Crippen LogP contribution in [-0.4, -0.2) is 15.1 Å². The van der Waals surface area contributed by atoms with E-state index < -0.39 is 4.92 Å². The Kier molecular flexibility index (Phi) is 4.07. The molecule has 7 nitrogen and oxygen atoms in total. The van der Waals surface area contributed by atoms with Crippen molar-refractivity contribution in [2.75, 3.05) is 0 Å². The second-order valence-electron chi connectivity index (χ2n) is 4.64. The Balaban J connectivity index is 1.94. The van der Waals surface area contributed by atoms with Crippen molar-refractivity contribution in [2.45, 2.75) is 6.92 Å². The summed E-state index contributed by atoms with van der Waals surface area (Å²) in [4.78, 5) is 14.8. The van der Waals surface area contributed by atoms with Crippen molar-refractivity contribution in [3.63, 3.8) is 0 Å². The smallest absolute Gasteiger partial charge is 0.312 e. The molecule has 3 rings (SSSR count). The highest BCUT2D eigenvalue weighted by atomic mass is 79.9. The van der Waals surface area contributed by atoms with E-state index >= 15 is 0 Å². The Morgan fingerprint density at radius 3 is 2.78 bits per heavy atom. The van der Waals surface area contributed by atoms with E-state index in [1.54, 1.807) is 37.3 Å². The van der Waals surface area contributed by atoms with Gasteiger partial charge in [0.2, 0.25) is 17.5 Å². The molecule has 0 radical (unpaired) electrons. The van der Waals surface area contributed by atoms with Crippen LogP contribution in [0.4, 0.5) is 5.69 Å². The molecule has 0 aliphatic rings. The molecule has 0 aliphatic heterocycles. The van der Waals surface area contributed by atoms with Crippen molar-refractivity contribution in [2.24, 2.45) is 0 Å². The van der Waals surface area contributed by atoms with Crippen LogP contribution in [0.5, 0.6) is 11.5 Å².